The van der Waals surface area contributed by atoms with Gasteiger partial charge in [-0.15, -0.1) is 0 Å². The lowest BCUT2D eigenvalue weighted by Crippen LogP contribution is -2.42. The summed E-state index contributed by atoms with van der Waals surface area (Å²) >= 11 is 0. The summed E-state index contributed by atoms with van der Waals surface area (Å²) in [6, 6.07) is 0. The van der Waals surface area contributed by atoms with Gasteiger partial charge in [-0.3, -0.25) is 4.79 Å². The van der Waals surface area contributed by atoms with Crippen molar-refractivity contribution in [3.05, 3.63) is 0 Å². The first kappa shape index (κ1) is 12.1. The summed E-state index contributed by atoms with van der Waals surface area (Å²) in [5.74, 6) is 0.597. The molecule has 0 atom stereocenters. The van der Waals surface area contributed by atoms with Crippen molar-refractivity contribution in [3.63, 3.8) is 0 Å². The number of hydrogen-bond donors (Lipinski definition) is 0. The monoisotopic (exact) mass is 222 g/mol. The molecule has 0 heterocycles. The molecular formula is C15H26O. The van der Waals surface area contributed by atoms with Gasteiger partial charge in [0.25, 0.3) is 0 Å². The van der Waals surface area contributed by atoms with E-state index in [0.29, 0.717) is 5.78 Å². The third kappa shape index (κ3) is 2.19. The first-order valence-corrected chi connectivity index (χ1v) is 7.12. The molecule has 2 aliphatic rings. The van der Waals surface area contributed by atoms with E-state index in [-0.39, 0.29) is 10.8 Å². The zero-order valence-corrected chi connectivity index (χ0v) is 11.0. The summed E-state index contributed by atoms with van der Waals surface area (Å²) in [4.78, 5) is 12.8. The van der Waals surface area contributed by atoms with Crippen molar-refractivity contribution in [2.45, 2.75) is 78.1 Å². The predicted molar refractivity (Wildman–Crippen MR) is 67.4 cm³/mol. The van der Waals surface area contributed by atoms with Gasteiger partial charge >= 0.3 is 0 Å². The molecule has 92 valence electrons. The molecular weight excluding hydrogens is 196 g/mol. The average Bonchev–Trinajstić information content (AvgIpc) is 2.30. The third-order valence-electron chi connectivity index (χ3n) is 5.01. The molecule has 2 fully saturated rings. The van der Waals surface area contributed by atoms with E-state index < -0.39 is 0 Å². The molecule has 0 aromatic carbocycles. The summed E-state index contributed by atoms with van der Waals surface area (Å²) in [6.45, 7) is 4.46. The highest BCUT2D eigenvalue weighted by molar-refractivity contribution is 5.89. The van der Waals surface area contributed by atoms with Crippen LogP contribution in [0.3, 0.4) is 0 Å². The van der Waals surface area contributed by atoms with Crippen LogP contribution >= 0.6 is 0 Å². The molecule has 1 nitrogen and oxygen atoms in total. The quantitative estimate of drug-likeness (QED) is 0.672. The zero-order chi connectivity index (χ0) is 11.6. The average molecular weight is 222 g/mol. The molecule has 0 bridgehead atoms. The van der Waals surface area contributed by atoms with Crippen molar-refractivity contribution in [1.29, 1.82) is 0 Å². The van der Waals surface area contributed by atoms with E-state index in [1.54, 1.807) is 0 Å². The molecule has 16 heavy (non-hydrogen) atoms. The fourth-order valence-electron chi connectivity index (χ4n) is 3.85. The fourth-order valence-corrected chi connectivity index (χ4v) is 3.85. The molecule has 0 aromatic heterocycles. The number of rotatable bonds is 2. The summed E-state index contributed by atoms with van der Waals surface area (Å²) in [5.41, 5.74) is 0.0364. The first-order valence-electron chi connectivity index (χ1n) is 7.12. The standard InChI is InChI=1S/C15H26O/c1-14(9-5-3-6-10-14)13(16)15(2)11-7-4-8-12-15/h3-12H2,1-2H3. The minimum absolute atomic E-state index is 0.0182. The smallest absolute Gasteiger partial charge is 0.144 e. The molecule has 0 unspecified atom stereocenters. The van der Waals surface area contributed by atoms with Crippen LogP contribution in [0.5, 0.6) is 0 Å². The van der Waals surface area contributed by atoms with Crippen LogP contribution in [0.4, 0.5) is 0 Å². The molecule has 0 spiro atoms. The molecule has 0 radical (unpaired) electrons. The predicted octanol–water partition coefficient (Wildman–Crippen LogP) is 4.50. The topological polar surface area (TPSA) is 17.1 Å². The van der Waals surface area contributed by atoms with Crippen molar-refractivity contribution >= 4 is 5.78 Å². The van der Waals surface area contributed by atoms with E-state index in [0.717, 1.165) is 25.7 Å². The maximum absolute atomic E-state index is 12.8. The Labute approximate surface area is 100.0 Å². The molecule has 0 aliphatic heterocycles. The van der Waals surface area contributed by atoms with E-state index in [2.05, 4.69) is 13.8 Å². The lowest BCUT2D eigenvalue weighted by atomic mass is 9.61. The van der Waals surface area contributed by atoms with Crippen molar-refractivity contribution in [2.75, 3.05) is 0 Å². The van der Waals surface area contributed by atoms with Crippen molar-refractivity contribution < 1.29 is 4.79 Å². The van der Waals surface area contributed by atoms with Crippen LogP contribution in [-0.2, 0) is 4.79 Å². The molecule has 0 amide bonds. The minimum Gasteiger partial charge on any atom is -0.298 e. The Balaban J connectivity index is 2.10. The number of ketones is 1. The molecule has 2 saturated carbocycles. The SMILES string of the molecule is CC1(C(=O)C2(C)CCCCC2)CCCCC1. The van der Waals surface area contributed by atoms with Crippen LogP contribution in [0.25, 0.3) is 0 Å². The lowest BCUT2D eigenvalue weighted by Gasteiger charge is -2.42. The summed E-state index contributed by atoms with van der Waals surface area (Å²) in [6.07, 6.45) is 12.3. The Morgan fingerprint density at radius 2 is 1.00 bits per heavy atom. The van der Waals surface area contributed by atoms with Gasteiger partial charge in [-0.25, -0.2) is 0 Å². The Bertz CT molecular complexity index is 229. The Kier molecular flexibility index (Phi) is 3.42. The van der Waals surface area contributed by atoms with E-state index >= 15 is 0 Å². The lowest BCUT2D eigenvalue weighted by molar-refractivity contribution is -0.141. The largest absolute Gasteiger partial charge is 0.298 e. The maximum atomic E-state index is 12.8. The summed E-state index contributed by atoms with van der Waals surface area (Å²) in [5, 5.41) is 0. The second-order valence-corrected chi connectivity index (χ2v) is 6.57. The molecule has 2 rings (SSSR count). The zero-order valence-electron chi connectivity index (χ0n) is 11.0. The summed E-state index contributed by atoms with van der Waals surface area (Å²) < 4.78 is 0. The highest BCUT2D eigenvalue weighted by Crippen LogP contribution is 2.47. The number of hydrogen-bond acceptors (Lipinski definition) is 1. The first-order chi connectivity index (χ1) is 7.57. The van der Waals surface area contributed by atoms with Gasteiger partial charge in [0.15, 0.2) is 0 Å². The van der Waals surface area contributed by atoms with Gasteiger partial charge in [0, 0.05) is 10.8 Å². The van der Waals surface area contributed by atoms with Crippen LogP contribution in [0.15, 0.2) is 0 Å². The van der Waals surface area contributed by atoms with Crippen molar-refractivity contribution in [3.8, 4) is 0 Å². The highest BCUT2D eigenvalue weighted by Gasteiger charge is 2.45. The third-order valence-corrected chi connectivity index (χ3v) is 5.01. The number of Topliss-reactive ketones (excluding diaryl/α,β-unsaturated/α-hetero) is 1. The Morgan fingerprint density at radius 3 is 1.31 bits per heavy atom. The summed E-state index contributed by atoms with van der Waals surface area (Å²) in [7, 11) is 0. The van der Waals surface area contributed by atoms with Crippen LogP contribution < -0.4 is 0 Å². The van der Waals surface area contributed by atoms with Gasteiger partial charge in [-0.2, -0.15) is 0 Å². The van der Waals surface area contributed by atoms with E-state index in [1.807, 2.05) is 0 Å². The van der Waals surface area contributed by atoms with Crippen molar-refractivity contribution in [1.82, 2.24) is 0 Å². The second kappa shape index (κ2) is 4.50. The normalized spacial score (nSPS) is 28.6. The van der Waals surface area contributed by atoms with Gasteiger partial charge in [-0.1, -0.05) is 52.4 Å². The van der Waals surface area contributed by atoms with Crippen LogP contribution in [0, 0.1) is 10.8 Å². The number of carbonyl (C=O) groups excluding carboxylic acids is 1. The molecule has 1 heteroatoms. The van der Waals surface area contributed by atoms with Gasteiger partial charge in [0.2, 0.25) is 0 Å². The second-order valence-electron chi connectivity index (χ2n) is 6.57. The Hall–Kier alpha value is -0.330. The maximum Gasteiger partial charge on any atom is 0.144 e. The van der Waals surface area contributed by atoms with E-state index in [9.17, 15) is 4.79 Å². The van der Waals surface area contributed by atoms with Gasteiger partial charge in [0.1, 0.15) is 5.78 Å². The molecule has 0 saturated heterocycles. The molecule has 0 aromatic rings. The Morgan fingerprint density at radius 1 is 0.688 bits per heavy atom. The highest BCUT2D eigenvalue weighted by atomic mass is 16.1. The van der Waals surface area contributed by atoms with Gasteiger partial charge in [-0.05, 0) is 25.7 Å². The van der Waals surface area contributed by atoms with Crippen LogP contribution in [0.2, 0.25) is 0 Å². The minimum atomic E-state index is 0.0182. The van der Waals surface area contributed by atoms with Gasteiger partial charge < -0.3 is 0 Å². The molecule has 0 N–H and O–H groups in total. The van der Waals surface area contributed by atoms with Crippen molar-refractivity contribution in [2.24, 2.45) is 10.8 Å². The van der Waals surface area contributed by atoms with E-state index in [4.69, 9.17) is 0 Å². The van der Waals surface area contributed by atoms with E-state index in [1.165, 1.54) is 38.5 Å². The van der Waals surface area contributed by atoms with Gasteiger partial charge in [0.05, 0.1) is 0 Å². The molecule has 2 aliphatic carbocycles. The fraction of sp³-hybridized carbons (Fsp3) is 0.933. The van der Waals surface area contributed by atoms with Crippen LogP contribution in [0.1, 0.15) is 78.1 Å². The van der Waals surface area contributed by atoms with Crippen LogP contribution in [-0.4, -0.2) is 5.78 Å². The number of carbonyl (C=O) groups is 1.